The summed E-state index contributed by atoms with van der Waals surface area (Å²) in [5.41, 5.74) is 2.91. The molecular weight excluding hydrogens is 400 g/mol. The molecule has 1 N–H and O–H groups in total. The van der Waals surface area contributed by atoms with Gasteiger partial charge in [0, 0.05) is 24.6 Å². The maximum atomic E-state index is 13.8. The highest BCUT2D eigenvalue weighted by molar-refractivity contribution is 6.08. The molecule has 162 valence electrons. The highest BCUT2D eigenvalue weighted by atomic mass is 16.5. The van der Waals surface area contributed by atoms with Gasteiger partial charge in [-0.1, -0.05) is 66.2 Å². The van der Waals surface area contributed by atoms with Crippen LogP contribution in [0.2, 0.25) is 0 Å². The first kappa shape index (κ1) is 20.3. The molecule has 2 aliphatic rings. The van der Waals surface area contributed by atoms with E-state index in [1.807, 2.05) is 92.7 Å². The van der Waals surface area contributed by atoms with Crippen LogP contribution in [-0.2, 0) is 16.1 Å². The highest BCUT2D eigenvalue weighted by Gasteiger charge is 2.56. The molecule has 2 bridgehead atoms. The van der Waals surface area contributed by atoms with Gasteiger partial charge in [-0.15, -0.1) is 0 Å². The summed E-state index contributed by atoms with van der Waals surface area (Å²) in [4.78, 5) is 29.0. The average molecular weight is 427 g/mol. The topological polar surface area (TPSA) is 58.6 Å². The number of fused-ring (bicyclic) bond motifs is 4. The van der Waals surface area contributed by atoms with Crippen molar-refractivity contribution in [1.82, 2.24) is 4.90 Å². The Bertz CT molecular complexity index is 1160. The van der Waals surface area contributed by atoms with Crippen molar-refractivity contribution < 1.29 is 14.3 Å². The molecule has 3 aromatic rings. The minimum Gasteiger partial charge on any atom is -0.468 e. The lowest BCUT2D eigenvalue weighted by Gasteiger charge is -2.52. The van der Waals surface area contributed by atoms with E-state index in [-0.39, 0.29) is 17.7 Å². The van der Waals surface area contributed by atoms with Gasteiger partial charge in [-0.05, 0) is 43.2 Å². The highest BCUT2D eigenvalue weighted by Crippen LogP contribution is 2.50. The average Bonchev–Trinajstić information content (AvgIpc) is 2.79. The summed E-state index contributed by atoms with van der Waals surface area (Å²) in [5, 5.41) is 2.97. The summed E-state index contributed by atoms with van der Waals surface area (Å²) in [6.07, 6.45) is 0.564. The molecule has 1 saturated heterocycles. The molecule has 0 saturated carbocycles. The Morgan fingerprint density at radius 3 is 2.47 bits per heavy atom. The van der Waals surface area contributed by atoms with Gasteiger partial charge >= 0.3 is 0 Å². The molecule has 2 amide bonds. The fourth-order valence-corrected chi connectivity index (χ4v) is 4.88. The molecule has 2 heterocycles. The van der Waals surface area contributed by atoms with Crippen molar-refractivity contribution >= 4 is 17.5 Å². The quantitative estimate of drug-likeness (QED) is 0.605. The normalized spacial score (nSPS) is 23.8. The van der Waals surface area contributed by atoms with Crippen LogP contribution in [-0.4, -0.2) is 22.4 Å². The molecule has 2 aliphatic heterocycles. The Morgan fingerprint density at radius 2 is 1.72 bits per heavy atom. The molecule has 5 rings (SSSR count). The van der Waals surface area contributed by atoms with Gasteiger partial charge in [0.2, 0.25) is 11.8 Å². The van der Waals surface area contributed by atoms with Crippen LogP contribution >= 0.6 is 0 Å². The molecule has 0 aliphatic carbocycles. The van der Waals surface area contributed by atoms with Crippen molar-refractivity contribution in [3.05, 3.63) is 95.6 Å². The third kappa shape index (κ3) is 3.54. The van der Waals surface area contributed by atoms with Crippen LogP contribution in [0.4, 0.5) is 5.69 Å². The van der Waals surface area contributed by atoms with Gasteiger partial charge in [-0.2, -0.15) is 0 Å². The van der Waals surface area contributed by atoms with Crippen LogP contribution in [0.25, 0.3) is 0 Å². The van der Waals surface area contributed by atoms with Crippen molar-refractivity contribution in [2.45, 2.75) is 38.5 Å². The van der Waals surface area contributed by atoms with Gasteiger partial charge in [0.25, 0.3) is 0 Å². The van der Waals surface area contributed by atoms with Crippen molar-refractivity contribution in [2.24, 2.45) is 5.92 Å². The summed E-state index contributed by atoms with van der Waals surface area (Å²) in [6, 6.07) is 25.2. The van der Waals surface area contributed by atoms with Crippen molar-refractivity contribution in [2.75, 3.05) is 5.32 Å². The smallest absolute Gasteiger partial charge is 0.239 e. The van der Waals surface area contributed by atoms with Gasteiger partial charge in [0.05, 0.1) is 0 Å². The number of likely N-dealkylation sites (tertiary alicyclic amines) is 1. The molecule has 1 fully saturated rings. The summed E-state index contributed by atoms with van der Waals surface area (Å²) < 4.78 is 6.38. The zero-order valence-electron chi connectivity index (χ0n) is 18.2. The van der Waals surface area contributed by atoms with E-state index in [9.17, 15) is 9.59 Å². The Morgan fingerprint density at radius 1 is 1.03 bits per heavy atom. The zero-order chi connectivity index (χ0) is 22.3. The monoisotopic (exact) mass is 426 g/mol. The number of carbonyl (C=O) groups is 2. The van der Waals surface area contributed by atoms with E-state index in [0.717, 1.165) is 22.4 Å². The maximum absolute atomic E-state index is 13.8. The van der Waals surface area contributed by atoms with Crippen LogP contribution in [0.5, 0.6) is 5.75 Å². The van der Waals surface area contributed by atoms with E-state index in [1.165, 1.54) is 0 Å². The number of benzene rings is 3. The predicted octanol–water partition coefficient (Wildman–Crippen LogP) is 4.87. The van der Waals surface area contributed by atoms with E-state index in [0.29, 0.717) is 18.7 Å². The van der Waals surface area contributed by atoms with Gasteiger partial charge < -0.3 is 10.1 Å². The van der Waals surface area contributed by atoms with Crippen molar-refractivity contribution in [3.63, 3.8) is 0 Å². The molecule has 5 nitrogen and oxygen atoms in total. The van der Waals surface area contributed by atoms with Crippen LogP contribution in [0, 0.1) is 12.8 Å². The molecule has 3 atom stereocenters. The lowest BCUT2D eigenvalue weighted by atomic mass is 9.73. The number of nitrogens with zero attached hydrogens (tertiary/aromatic N) is 1. The number of piperidine rings is 1. The third-order valence-corrected chi connectivity index (χ3v) is 6.54. The van der Waals surface area contributed by atoms with E-state index in [1.54, 1.807) is 4.90 Å². The zero-order valence-corrected chi connectivity index (χ0v) is 18.2. The first-order chi connectivity index (χ1) is 15.4. The Balaban J connectivity index is 1.53. The number of amides is 2. The fourth-order valence-electron chi connectivity index (χ4n) is 4.88. The van der Waals surface area contributed by atoms with Gasteiger partial charge in [0.1, 0.15) is 11.7 Å². The van der Waals surface area contributed by atoms with Crippen LogP contribution in [0.3, 0.4) is 0 Å². The second-order valence-corrected chi connectivity index (χ2v) is 8.87. The van der Waals surface area contributed by atoms with Crippen LogP contribution < -0.4 is 10.1 Å². The summed E-state index contributed by atoms with van der Waals surface area (Å²) >= 11 is 0. The predicted molar refractivity (Wildman–Crippen MR) is 123 cm³/mol. The lowest BCUT2D eigenvalue weighted by Crippen LogP contribution is -2.63. The third-order valence-electron chi connectivity index (χ3n) is 6.54. The minimum absolute atomic E-state index is 0.202. The number of para-hydroxylation sites is 1. The maximum Gasteiger partial charge on any atom is 0.239 e. The fraction of sp³-hybridized carbons (Fsp3) is 0.259. The number of ether oxygens (including phenoxy) is 1. The molecule has 0 aromatic heterocycles. The number of carbonyl (C=O) groups excluding carboxylic acids is 2. The number of nitrogens with one attached hydrogen (secondary N) is 1. The van der Waals surface area contributed by atoms with Gasteiger partial charge in [-0.25, -0.2) is 0 Å². The molecule has 3 aromatic carbocycles. The minimum atomic E-state index is -0.821. The van der Waals surface area contributed by atoms with E-state index >= 15 is 0 Å². The lowest BCUT2D eigenvalue weighted by molar-refractivity contribution is -0.177. The first-order valence-corrected chi connectivity index (χ1v) is 11.0. The standard InChI is InChI=1S/C27H26N2O3/c1-18-12-14-20(15-13-18)28-25(30)24-22-16-27(2,32-23-11-7-6-10-21(22)23)29(26(24)31)17-19-8-4-3-5-9-19/h3-15,22,24H,16-17H2,1-2H3,(H,28,30)/t22?,24?,27-/m1/s1. The largest absolute Gasteiger partial charge is 0.468 e. The molecule has 32 heavy (non-hydrogen) atoms. The molecule has 2 unspecified atom stereocenters. The summed E-state index contributed by atoms with van der Waals surface area (Å²) in [7, 11) is 0. The van der Waals surface area contributed by atoms with E-state index < -0.39 is 11.6 Å². The van der Waals surface area contributed by atoms with Gasteiger partial charge in [0.15, 0.2) is 5.72 Å². The second-order valence-electron chi connectivity index (χ2n) is 8.87. The number of rotatable bonds is 4. The summed E-state index contributed by atoms with van der Waals surface area (Å²) in [5.74, 6) is -0.801. The number of anilines is 1. The molecular formula is C27H26N2O3. The molecule has 5 heteroatoms. The molecule has 0 radical (unpaired) electrons. The van der Waals surface area contributed by atoms with E-state index in [2.05, 4.69) is 5.32 Å². The number of hydrogen-bond acceptors (Lipinski definition) is 3. The number of aryl methyl sites for hydroxylation is 1. The van der Waals surface area contributed by atoms with Gasteiger partial charge in [-0.3, -0.25) is 14.5 Å². The second kappa shape index (κ2) is 7.83. The SMILES string of the molecule is Cc1ccc(NC(=O)C2C(=O)N(Cc3ccccc3)[C@@]3(C)CC2c2ccccc2O3)cc1. The first-order valence-electron chi connectivity index (χ1n) is 11.0. The van der Waals surface area contributed by atoms with Crippen molar-refractivity contribution in [3.8, 4) is 5.75 Å². The Kier molecular flexibility index (Phi) is 4.97. The Hall–Kier alpha value is -3.60. The van der Waals surface area contributed by atoms with Crippen LogP contribution in [0.15, 0.2) is 78.9 Å². The Labute approximate surface area is 188 Å². The van der Waals surface area contributed by atoms with Crippen molar-refractivity contribution in [1.29, 1.82) is 0 Å². The molecule has 0 spiro atoms. The summed E-state index contributed by atoms with van der Waals surface area (Å²) in [6.45, 7) is 4.34. The van der Waals surface area contributed by atoms with E-state index in [4.69, 9.17) is 4.74 Å². The number of hydrogen-bond donors (Lipinski definition) is 1. The van der Waals surface area contributed by atoms with Crippen LogP contribution in [0.1, 0.15) is 36.0 Å².